The number of benzene rings is 1. The van der Waals surface area contributed by atoms with Crippen LogP contribution < -0.4 is 4.72 Å². The predicted molar refractivity (Wildman–Crippen MR) is 58.5 cm³/mol. The highest BCUT2D eigenvalue weighted by molar-refractivity contribution is 7.89. The maximum Gasteiger partial charge on any atom is 0.304 e. The molecule has 18 heavy (non-hydrogen) atoms. The van der Waals surface area contributed by atoms with Crippen LogP contribution in [0.15, 0.2) is 17.0 Å². The number of halogens is 2. The Morgan fingerprint density at radius 3 is 2.50 bits per heavy atom. The summed E-state index contributed by atoms with van der Waals surface area (Å²) in [6.45, 7) is 0.902. The smallest absolute Gasteiger partial charge is 0.304 e. The van der Waals surface area contributed by atoms with E-state index in [4.69, 9.17) is 5.11 Å². The summed E-state index contributed by atoms with van der Waals surface area (Å²) < 4.78 is 51.7. The number of nitrogens with one attached hydrogen (secondary N) is 1. The van der Waals surface area contributed by atoms with Gasteiger partial charge in [-0.2, -0.15) is 0 Å². The summed E-state index contributed by atoms with van der Waals surface area (Å²) >= 11 is 0. The molecule has 8 heteroatoms. The summed E-state index contributed by atoms with van der Waals surface area (Å²) in [5, 5.41) is 8.35. The quantitative estimate of drug-likeness (QED) is 0.843. The van der Waals surface area contributed by atoms with E-state index < -0.39 is 45.5 Å². The maximum atomic E-state index is 13.4. The van der Waals surface area contributed by atoms with Gasteiger partial charge in [0.1, 0.15) is 16.5 Å². The molecule has 2 N–H and O–H groups in total. The van der Waals surface area contributed by atoms with E-state index in [-0.39, 0.29) is 5.56 Å². The van der Waals surface area contributed by atoms with Crippen LogP contribution in [0.3, 0.4) is 0 Å². The van der Waals surface area contributed by atoms with Gasteiger partial charge in [0.15, 0.2) is 0 Å². The average Bonchev–Trinajstić information content (AvgIpc) is 2.22. The molecule has 1 rings (SSSR count). The molecule has 0 radical (unpaired) electrons. The van der Waals surface area contributed by atoms with Gasteiger partial charge in [-0.15, -0.1) is 0 Å². The Hall–Kier alpha value is -1.54. The van der Waals surface area contributed by atoms with E-state index in [2.05, 4.69) is 0 Å². The fourth-order valence-corrected chi connectivity index (χ4v) is 2.30. The van der Waals surface area contributed by atoms with E-state index in [1.807, 2.05) is 4.72 Å². The SMILES string of the molecule is Cc1cc(F)c(S(=O)(=O)NCCC(=O)O)cc1F. The highest BCUT2D eigenvalue weighted by Gasteiger charge is 2.20. The summed E-state index contributed by atoms with van der Waals surface area (Å²) in [6.07, 6.45) is -0.449. The Labute approximate surface area is 102 Å². The first-order chi connectivity index (χ1) is 8.24. The maximum absolute atomic E-state index is 13.4. The molecule has 100 valence electrons. The van der Waals surface area contributed by atoms with Crippen LogP contribution in [0.2, 0.25) is 0 Å². The van der Waals surface area contributed by atoms with E-state index in [9.17, 15) is 22.0 Å². The van der Waals surface area contributed by atoms with E-state index in [1.54, 1.807) is 0 Å². The van der Waals surface area contributed by atoms with E-state index in [0.717, 1.165) is 6.07 Å². The van der Waals surface area contributed by atoms with Gasteiger partial charge in [0.25, 0.3) is 0 Å². The molecule has 0 saturated carbocycles. The average molecular weight is 279 g/mol. The monoisotopic (exact) mass is 279 g/mol. The van der Waals surface area contributed by atoms with Crippen LogP contribution in [-0.4, -0.2) is 26.0 Å². The Kier molecular flexibility index (Phi) is 4.36. The second-order valence-electron chi connectivity index (χ2n) is 3.57. The number of carbonyl (C=O) groups is 1. The lowest BCUT2D eigenvalue weighted by Gasteiger charge is -2.07. The lowest BCUT2D eigenvalue weighted by atomic mass is 10.2. The van der Waals surface area contributed by atoms with Crippen molar-refractivity contribution in [1.82, 2.24) is 4.72 Å². The normalized spacial score (nSPS) is 11.5. The Morgan fingerprint density at radius 1 is 1.33 bits per heavy atom. The van der Waals surface area contributed by atoms with Crippen molar-refractivity contribution in [3.05, 3.63) is 29.3 Å². The largest absolute Gasteiger partial charge is 0.481 e. The predicted octanol–water partition coefficient (Wildman–Crippen LogP) is 1.03. The van der Waals surface area contributed by atoms with Gasteiger partial charge in [0.05, 0.1) is 6.42 Å². The zero-order valence-electron chi connectivity index (χ0n) is 9.41. The molecule has 1 aromatic carbocycles. The summed E-state index contributed by atoms with van der Waals surface area (Å²) in [7, 11) is -4.25. The second-order valence-corrected chi connectivity index (χ2v) is 5.31. The molecule has 0 spiro atoms. The van der Waals surface area contributed by atoms with E-state index >= 15 is 0 Å². The van der Waals surface area contributed by atoms with Crippen molar-refractivity contribution in [2.24, 2.45) is 0 Å². The molecule has 0 amide bonds. The van der Waals surface area contributed by atoms with Gasteiger partial charge in [0, 0.05) is 6.54 Å². The molecule has 0 heterocycles. The van der Waals surface area contributed by atoms with Crippen molar-refractivity contribution >= 4 is 16.0 Å². The number of rotatable bonds is 5. The molecule has 0 aliphatic carbocycles. The Balaban J connectivity index is 2.98. The van der Waals surface area contributed by atoms with Gasteiger partial charge in [-0.3, -0.25) is 4.79 Å². The number of sulfonamides is 1. The van der Waals surface area contributed by atoms with Crippen molar-refractivity contribution in [2.45, 2.75) is 18.2 Å². The van der Waals surface area contributed by atoms with E-state index in [0.29, 0.717) is 6.07 Å². The minimum atomic E-state index is -4.25. The van der Waals surface area contributed by atoms with Crippen LogP contribution in [0, 0.1) is 18.6 Å². The molecule has 0 aromatic heterocycles. The van der Waals surface area contributed by atoms with Gasteiger partial charge in [-0.05, 0) is 24.6 Å². The molecular weight excluding hydrogens is 268 g/mol. The first kappa shape index (κ1) is 14.5. The zero-order chi connectivity index (χ0) is 13.9. The van der Waals surface area contributed by atoms with Crippen LogP contribution in [0.5, 0.6) is 0 Å². The molecule has 0 atom stereocenters. The molecule has 0 aliphatic rings. The molecule has 1 aromatic rings. The van der Waals surface area contributed by atoms with Crippen LogP contribution in [0.4, 0.5) is 8.78 Å². The van der Waals surface area contributed by atoms with Crippen molar-refractivity contribution < 1.29 is 27.1 Å². The molecule has 0 unspecified atom stereocenters. The standard InChI is InChI=1S/C10H11F2NO4S/c1-6-4-8(12)9(5-7(6)11)18(16,17)13-3-2-10(14)15/h4-5,13H,2-3H2,1H3,(H,14,15). The summed E-state index contributed by atoms with van der Waals surface area (Å²) in [5.74, 6) is -3.14. The Bertz CT molecular complexity index is 571. The fraction of sp³-hybridized carbons (Fsp3) is 0.300. The van der Waals surface area contributed by atoms with Crippen LogP contribution >= 0.6 is 0 Å². The Morgan fingerprint density at radius 2 is 1.94 bits per heavy atom. The molecule has 0 saturated heterocycles. The number of carboxylic acid groups (broad SMARTS) is 1. The summed E-state index contributed by atoms with van der Waals surface area (Å²) in [4.78, 5) is 9.38. The third-order valence-electron chi connectivity index (χ3n) is 2.13. The molecule has 0 fully saturated rings. The van der Waals surface area contributed by atoms with Gasteiger partial charge in [-0.1, -0.05) is 0 Å². The first-order valence-electron chi connectivity index (χ1n) is 4.91. The summed E-state index contributed by atoms with van der Waals surface area (Å²) in [5.41, 5.74) is -0.0167. The van der Waals surface area contributed by atoms with Crippen molar-refractivity contribution in [3.8, 4) is 0 Å². The van der Waals surface area contributed by atoms with Crippen molar-refractivity contribution in [3.63, 3.8) is 0 Å². The molecule has 0 bridgehead atoms. The highest BCUT2D eigenvalue weighted by atomic mass is 32.2. The number of aliphatic carboxylic acids is 1. The second kappa shape index (κ2) is 5.40. The lowest BCUT2D eigenvalue weighted by Crippen LogP contribution is -2.27. The zero-order valence-corrected chi connectivity index (χ0v) is 10.2. The van der Waals surface area contributed by atoms with Crippen LogP contribution in [-0.2, 0) is 14.8 Å². The van der Waals surface area contributed by atoms with Gasteiger partial charge < -0.3 is 5.11 Å². The van der Waals surface area contributed by atoms with Gasteiger partial charge in [0.2, 0.25) is 10.0 Å². The van der Waals surface area contributed by atoms with Crippen molar-refractivity contribution in [1.29, 1.82) is 0 Å². The highest BCUT2D eigenvalue weighted by Crippen LogP contribution is 2.18. The number of aryl methyl sites for hydroxylation is 1. The van der Waals surface area contributed by atoms with Crippen molar-refractivity contribution in [2.75, 3.05) is 6.54 Å². The summed E-state index contributed by atoms with van der Waals surface area (Å²) in [6, 6.07) is 1.33. The molecular formula is C10H11F2NO4S. The number of hydrogen-bond donors (Lipinski definition) is 2. The molecule has 0 aliphatic heterocycles. The van der Waals surface area contributed by atoms with Crippen LogP contribution in [0.1, 0.15) is 12.0 Å². The minimum Gasteiger partial charge on any atom is -0.481 e. The van der Waals surface area contributed by atoms with Crippen LogP contribution in [0.25, 0.3) is 0 Å². The minimum absolute atomic E-state index is 0.0167. The third-order valence-corrected chi connectivity index (χ3v) is 3.61. The topological polar surface area (TPSA) is 83.5 Å². The first-order valence-corrected chi connectivity index (χ1v) is 6.39. The number of hydrogen-bond acceptors (Lipinski definition) is 3. The number of carboxylic acids is 1. The third kappa shape index (κ3) is 3.47. The fourth-order valence-electron chi connectivity index (χ4n) is 1.20. The molecule has 5 nitrogen and oxygen atoms in total. The lowest BCUT2D eigenvalue weighted by molar-refractivity contribution is -0.136. The van der Waals surface area contributed by atoms with E-state index in [1.165, 1.54) is 6.92 Å². The van der Waals surface area contributed by atoms with Gasteiger partial charge in [-0.25, -0.2) is 21.9 Å². The van der Waals surface area contributed by atoms with Gasteiger partial charge >= 0.3 is 5.97 Å².